The van der Waals surface area contributed by atoms with E-state index >= 15 is 0 Å². The first-order valence-electron chi connectivity index (χ1n) is 6.81. The van der Waals surface area contributed by atoms with E-state index in [2.05, 4.69) is 5.32 Å². The van der Waals surface area contributed by atoms with Gasteiger partial charge in [-0.1, -0.05) is 12.1 Å². The van der Waals surface area contributed by atoms with Crippen LogP contribution >= 0.6 is 0 Å². The number of alkyl carbamates (subject to hydrolysis) is 1. The number of hydrogen-bond acceptors (Lipinski definition) is 5. The molecule has 0 aliphatic carbocycles. The van der Waals surface area contributed by atoms with E-state index in [0.29, 0.717) is 11.1 Å². The molecule has 118 valence electrons. The Balaban J connectivity index is 2.84. The molecule has 0 radical (unpaired) electrons. The lowest BCUT2D eigenvalue weighted by molar-refractivity contribution is -0.142. The van der Waals surface area contributed by atoms with Crippen molar-refractivity contribution in [3.8, 4) is 6.07 Å². The molecular weight excluding hydrogens is 284 g/mol. The number of rotatable bonds is 4. The van der Waals surface area contributed by atoms with E-state index in [9.17, 15) is 9.59 Å². The fraction of sp³-hybridized carbons (Fsp3) is 0.438. The van der Waals surface area contributed by atoms with Crippen LogP contribution in [0.25, 0.3) is 0 Å². The molecule has 1 rings (SSSR count). The van der Waals surface area contributed by atoms with Crippen molar-refractivity contribution in [3.63, 3.8) is 0 Å². The second-order valence-corrected chi connectivity index (χ2v) is 5.70. The normalized spacial score (nSPS) is 12.0. The number of amides is 1. The number of nitrogens with zero attached hydrogens (tertiary/aromatic N) is 1. The van der Waals surface area contributed by atoms with Gasteiger partial charge in [0, 0.05) is 6.54 Å². The van der Waals surface area contributed by atoms with Crippen LogP contribution in [0.5, 0.6) is 0 Å². The van der Waals surface area contributed by atoms with Crippen LogP contribution in [0.1, 0.15) is 37.8 Å². The highest BCUT2D eigenvalue weighted by Gasteiger charge is 2.24. The highest BCUT2D eigenvalue weighted by atomic mass is 16.6. The summed E-state index contributed by atoms with van der Waals surface area (Å²) in [5.74, 6) is -1.20. The van der Waals surface area contributed by atoms with Crippen molar-refractivity contribution in [2.24, 2.45) is 0 Å². The average molecular weight is 304 g/mol. The third-order valence-corrected chi connectivity index (χ3v) is 2.75. The molecule has 6 nitrogen and oxygen atoms in total. The highest BCUT2D eigenvalue weighted by Crippen LogP contribution is 2.18. The van der Waals surface area contributed by atoms with Gasteiger partial charge in [0.1, 0.15) is 5.60 Å². The molecule has 1 amide bonds. The number of carbonyl (C=O) groups excluding carboxylic acids is 2. The van der Waals surface area contributed by atoms with Crippen molar-refractivity contribution in [1.82, 2.24) is 5.32 Å². The van der Waals surface area contributed by atoms with Crippen molar-refractivity contribution < 1.29 is 19.1 Å². The first-order valence-corrected chi connectivity index (χ1v) is 6.81. The average Bonchev–Trinajstić information content (AvgIpc) is 2.45. The Kier molecular flexibility index (Phi) is 5.93. The minimum absolute atomic E-state index is 0.0243. The summed E-state index contributed by atoms with van der Waals surface area (Å²) in [7, 11) is 1.27. The quantitative estimate of drug-likeness (QED) is 0.862. The van der Waals surface area contributed by atoms with Crippen LogP contribution in [0.2, 0.25) is 0 Å². The summed E-state index contributed by atoms with van der Waals surface area (Å²) in [6.45, 7) is 5.28. The number of methoxy groups -OCH3 is 1. The summed E-state index contributed by atoms with van der Waals surface area (Å²) >= 11 is 0. The largest absolute Gasteiger partial charge is 0.468 e. The van der Waals surface area contributed by atoms with Crippen molar-refractivity contribution in [2.75, 3.05) is 13.7 Å². The van der Waals surface area contributed by atoms with Crippen LogP contribution in [-0.4, -0.2) is 31.3 Å². The molecule has 0 saturated carbocycles. The maximum atomic E-state index is 11.9. The minimum Gasteiger partial charge on any atom is -0.468 e. The summed E-state index contributed by atoms with van der Waals surface area (Å²) in [5, 5.41) is 11.5. The highest BCUT2D eigenvalue weighted by molar-refractivity contribution is 5.79. The van der Waals surface area contributed by atoms with Crippen LogP contribution in [-0.2, 0) is 14.3 Å². The van der Waals surface area contributed by atoms with E-state index in [1.54, 1.807) is 45.0 Å². The Morgan fingerprint density at radius 1 is 1.36 bits per heavy atom. The van der Waals surface area contributed by atoms with Crippen molar-refractivity contribution >= 4 is 12.1 Å². The number of carbonyl (C=O) groups is 2. The van der Waals surface area contributed by atoms with Crippen molar-refractivity contribution in [2.45, 2.75) is 32.3 Å². The van der Waals surface area contributed by atoms with Crippen molar-refractivity contribution in [1.29, 1.82) is 5.26 Å². The van der Waals surface area contributed by atoms with Gasteiger partial charge in [-0.15, -0.1) is 0 Å². The molecular formula is C16H20N2O4. The maximum Gasteiger partial charge on any atom is 0.407 e. The van der Waals surface area contributed by atoms with Crippen LogP contribution in [0, 0.1) is 11.3 Å². The lowest BCUT2D eigenvalue weighted by Gasteiger charge is -2.21. The predicted molar refractivity (Wildman–Crippen MR) is 80.2 cm³/mol. The number of nitrogens with one attached hydrogen (secondary N) is 1. The molecule has 0 heterocycles. The standard InChI is InChI=1S/C16H20N2O4/c1-16(2,3)22-15(20)18-10-13(14(19)21-4)12-7-5-6-11(8-12)9-17/h5-8,13H,10H2,1-4H3,(H,18,20). The molecule has 0 aromatic heterocycles. The molecule has 1 aromatic rings. The predicted octanol–water partition coefficient (Wildman–Crippen LogP) is 2.34. The van der Waals surface area contributed by atoms with Gasteiger partial charge in [0.2, 0.25) is 0 Å². The third kappa shape index (κ3) is 5.44. The SMILES string of the molecule is COC(=O)C(CNC(=O)OC(C)(C)C)c1cccc(C#N)c1. The zero-order valence-electron chi connectivity index (χ0n) is 13.2. The minimum atomic E-state index is -0.703. The first-order chi connectivity index (χ1) is 10.3. The Labute approximate surface area is 130 Å². The molecule has 6 heteroatoms. The zero-order valence-corrected chi connectivity index (χ0v) is 13.2. The van der Waals surface area contributed by atoms with E-state index in [1.165, 1.54) is 7.11 Å². The van der Waals surface area contributed by atoms with Gasteiger partial charge in [0.15, 0.2) is 0 Å². The van der Waals surface area contributed by atoms with Crippen LogP contribution in [0.4, 0.5) is 4.79 Å². The first kappa shape index (κ1) is 17.5. The molecule has 1 aromatic carbocycles. The summed E-state index contributed by atoms with van der Waals surface area (Å²) in [4.78, 5) is 23.6. The molecule has 1 unspecified atom stereocenters. The van der Waals surface area contributed by atoms with Crippen LogP contribution in [0.3, 0.4) is 0 Å². The van der Waals surface area contributed by atoms with E-state index < -0.39 is 23.6 Å². The summed E-state index contributed by atoms with van der Waals surface area (Å²) < 4.78 is 9.89. The van der Waals surface area contributed by atoms with E-state index in [4.69, 9.17) is 14.7 Å². The van der Waals surface area contributed by atoms with Gasteiger partial charge in [0.25, 0.3) is 0 Å². The fourth-order valence-corrected chi connectivity index (χ4v) is 1.80. The van der Waals surface area contributed by atoms with E-state index in [-0.39, 0.29) is 6.54 Å². The van der Waals surface area contributed by atoms with Gasteiger partial charge < -0.3 is 14.8 Å². The number of esters is 1. The van der Waals surface area contributed by atoms with Gasteiger partial charge >= 0.3 is 12.1 Å². The Morgan fingerprint density at radius 2 is 2.05 bits per heavy atom. The molecule has 1 N–H and O–H groups in total. The molecule has 0 aliphatic rings. The Morgan fingerprint density at radius 3 is 2.59 bits per heavy atom. The number of benzene rings is 1. The molecule has 0 spiro atoms. The summed E-state index contributed by atoms with van der Waals surface area (Å²) in [5.41, 5.74) is 0.414. The van der Waals surface area contributed by atoms with Gasteiger partial charge in [0.05, 0.1) is 24.7 Å². The Hall–Kier alpha value is -2.55. The second kappa shape index (κ2) is 7.46. The number of nitriles is 1. The second-order valence-electron chi connectivity index (χ2n) is 5.70. The smallest absolute Gasteiger partial charge is 0.407 e. The molecule has 0 bridgehead atoms. The summed E-state index contributed by atoms with van der Waals surface area (Å²) in [6, 6.07) is 8.63. The lowest BCUT2D eigenvalue weighted by Crippen LogP contribution is -2.36. The number of hydrogen-bond donors (Lipinski definition) is 1. The molecule has 0 fully saturated rings. The maximum absolute atomic E-state index is 11.9. The summed E-state index contributed by atoms with van der Waals surface area (Å²) in [6.07, 6.45) is -0.613. The monoisotopic (exact) mass is 304 g/mol. The zero-order chi connectivity index (χ0) is 16.8. The molecule has 0 saturated heterocycles. The molecule has 1 atom stereocenters. The van der Waals surface area contributed by atoms with Gasteiger partial charge in [-0.2, -0.15) is 5.26 Å². The molecule has 22 heavy (non-hydrogen) atoms. The van der Waals surface area contributed by atoms with E-state index in [1.807, 2.05) is 6.07 Å². The lowest BCUT2D eigenvalue weighted by atomic mass is 9.97. The third-order valence-electron chi connectivity index (χ3n) is 2.75. The van der Waals surface area contributed by atoms with Gasteiger partial charge in [-0.3, -0.25) is 4.79 Å². The topological polar surface area (TPSA) is 88.4 Å². The van der Waals surface area contributed by atoms with Crippen LogP contribution in [0.15, 0.2) is 24.3 Å². The fourth-order valence-electron chi connectivity index (χ4n) is 1.80. The molecule has 0 aliphatic heterocycles. The van der Waals surface area contributed by atoms with Gasteiger partial charge in [-0.05, 0) is 38.5 Å². The Bertz CT molecular complexity index is 585. The number of ether oxygens (including phenoxy) is 2. The van der Waals surface area contributed by atoms with Gasteiger partial charge in [-0.25, -0.2) is 4.79 Å². The van der Waals surface area contributed by atoms with Crippen LogP contribution < -0.4 is 5.32 Å². The van der Waals surface area contributed by atoms with Crippen molar-refractivity contribution in [3.05, 3.63) is 35.4 Å². The van der Waals surface area contributed by atoms with E-state index in [0.717, 1.165) is 0 Å².